The van der Waals surface area contributed by atoms with E-state index in [1.165, 1.54) is 12.5 Å². The smallest absolute Gasteiger partial charge is 0.303 e. The molecule has 1 unspecified atom stereocenters. The molecule has 1 aromatic rings. The normalized spacial score (nSPS) is 22.1. The van der Waals surface area contributed by atoms with E-state index in [1.54, 1.807) is 0 Å². The predicted octanol–water partition coefficient (Wildman–Crippen LogP) is 1.83. The first-order chi connectivity index (χ1) is 9.12. The van der Waals surface area contributed by atoms with E-state index in [-0.39, 0.29) is 5.91 Å². The van der Waals surface area contributed by atoms with Crippen LogP contribution >= 0.6 is 0 Å². The number of carbonyl (C=O) groups excluding carboxylic acids is 2. The van der Waals surface area contributed by atoms with Crippen LogP contribution in [0.25, 0.3) is 0 Å². The molecule has 1 aromatic carbocycles. The van der Waals surface area contributed by atoms with Crippen molar-refractivity contribution >= 4 is 11.9 Å². The van der Waals surface area contributed by atoms with Crippen LogP contribution in [-0.2, 0) is 20.7 Å². The van der Waals surface area contributed by atoms with Crippen LogP contribution in [0.3, 0.4) is 0 Å². The van der Waals surface area contributed by atoms with Gasteiger partial charge in [0.25, 0.3) is 5.91 Å². The Hall–Kier alpha value is -1.84. The number of nitrogens with one attached hydrogen (secondary N) is 1. The molecule has 1 heterocycles. The van der Waals surface area contributed by atoms with E-state index in [9.17, 15) is 9.59 Å². The van der Waals surface area contributed by atoms with Crippen molar-refractivity contribution in [2.24, 2.45) is 0 Å². The fourth-order valence-corrected chi connectivity index (χ4v) is 2.54. The molecule has 0 saturated carbocycles. The first kappa shape index (κ1) is 13.6. The predicted molar refractivity (Wildman–Crippen MR) is 71.5 cm³/mol. The van der Waals surface area contributed by atoms with Gasteiger partial charge in [-0.2, -0.15) is 0 Å². The molecule has 1 saturated heterocycles. The first-order valence-corrected chi connectivity index (χ1v) is 6.64. The van der Waals surface area contributed by atoms with Crippen LogP contribution < -0.4 is 5.32 Å². The Bertz CT molecular complexity index is 458. The zero-order valence-electron chi connectivity index (χ0n) is 11.1. The summed E-state index contributed by atoms with van der Waals surface area (Å²) in [6, 6.07) is 10.1. The summed E-state index contributed by atoms with van der Waals surface area (Å²) in [6.07, 6.45) is 2.86. The van der Waals surface area contributed by atoms with Gasteiger partial charge in [-0.3, -0.25) is 9.59 Å². The van der Waals surface area contributed by atoms with E-state index in [2.05, 4.69) is 17.4 Å². The number of rotatable bonds is 5. The highest BCUT2D eigenvalue weighted by Gasteiger charge is 2.44. The van der Waals surface area contributed by atoms with E-state index >= 15 is 0 Å². The van der Waals surface area contributed by atoms with Crippen molar-refractivity contribution in [2.45, 2.75) is 38.2 Å². The van der Waals surface area contributed by atoms with Gasteiger partial charge < -0.3 is 10.1 Å². The molecule has 1 aliphatic rings. The molecular weight excluding hydrogens is 242 g/mol. The minimum Gasteiger partial charge on any atom is -0.449 e. The third-order valence-electron chi connectivity index (χ3n) is 3.46. The number of ether oxygens (including phenoxy) is 1. The second kappa shape index (κ2) is 5.87. The third kappa shape index (κ3) is 3.34. The summed E-state index contributed by atoms with van der Waals surface area (Å²) in [5.41, 5.74) is 0.291. The van der Waals surface area contributed by atoms with Crippen LogP contribution in [0, 0.1) is 0 Å². The first-order valence-electron chi connectivity index (χ1n) is 6.64. The zero-order valence-corrected chi connectivity index (χ0v) is 11.1. The van der Waals surface area contributed by atoms with Gasteiger partial charge in [0.1, 0.15) is 0 Å². The largest absolute Gasteiger partial charge is 0.449 e. The summed E-state index contributed by atoms with van der Waals surface area (Å²) in [6.45, 7) is 1.93. The Balaban J connectivity index is 1.94. The lowest BCUT2D eigenvalue weighted by atomic mass is 9.93. The van der Waals surface area contributed by atoms with Crippen molar-refractivity contribution in [3.05, 3.63) is 35.9 Å². The van der Waals surface area contributed by atoms with Crippen molar-refractivity contribution in [1.29, 1.82) is 0 Å². The van der Waals surface area contributed by atoms with Crippen molar-refractivity contribution in [1.82, 2.24) is 5.32 Å². The van der Waals surface area contributed by atoms with Gasteiger partial charge in [-0.1, -0.05) is 30.3 Å². The monoisotopic (exact) mass is 261 g/mol. The minimum atomic E-state index is -0.944. The van der Waals surface area contributed by atoms with Crippen LogP contribution in [0.15, 0.2) is 30.3 Å². The fraction of sp³-hybridized carbons (Fsp3) is 0.467. The molecule has 19 heavy (non-hydrogen) atoms. The van der Waals surface area contributed by atoms with Crippen LogP contribution in [-0.4, -0.2) is 24.0 Å². The van der Waals surface area contributed by atoms with Crippen LogP contribution in [0.1, 0.15) is 31.7 Å². The third-order valence-corrected chi connectivity index (χ3v) is 3.46. The van der Waals surface area contributed by atoms with E-state index in [0.29, 0.717) is 19.4 Å². The maximum absolute atomic E-state index is 11.9. The number of hydrogen-bond donors (Lipinski definition) is 1. The maximum Gasteiger partial charge on any atom is 0.303 e. The lowest BCUT2D eigenvalue weighted by Crippen LogP contribution is -2.42. The molecule has 0 aliphatic carbocycles. The number of carbonyl (C=O) groups is 2. The molecule has 0 spiro atoms. The summed E-state index contributed by atoms with van der Waals surface area (Å²) in [7, 11) is 0. The van der Waals surface area contributed by atoms with Crippen molar-refractivity contribution < 1.29 is 14.3 Å². The lowest BCUT2D eigenvalue weighted by Gasteiger charge is -2.25. The summed E-state index contributed by atoms with van der Waals surface area (Å²) in [5.74, 6) is -0.549. The van der Waals surface area contributed by atoms with E-state index < -0.39 is 11.6 Å². The van der Waals surface area contributed by atoms with Crippen LogP contribution in [0.2, 0.25) is 0 Å². The Morgan fingerprint density at radius 1 is 1.37 bits per heavy atom. The van der Waals surface area contributed by atoms with Gasteiger partial charge in [0.15, 0.2) is 5.60 Å². The molecule has 0 radical (unpaired) electrons. The highest BCUT2D eigenvalue weighted by atomic mass is 16.6. The van der Waals surface area contributed by atoms with Crippen molar-refractivity contribution in [3.8, 4) is 0 Å². The number of esters is 1. The topological polar surface area (TPSA) is 55.4 Å². The van der Waals surface area contributed by atoms with Gasteiger partial charge in [-0.25, -0.2) is 0 Å². The molecule has 0 bridgehead atoms. The highest BCUT2D eigenvalue weighted by molar-refractivity contribution is 5.89. The summed E-state index contributed by atoms with van der Waals surface area (Å²) in [4.78, 5) is 23.1. The number of aryl methyl sites for hydroxylation is 1. The van der Waals surface area contributed by atoms with Crippen LogP contribution in [0.5, 0.6) is 0 Å². The molecule has 1 atom stereocenters. The summed E-state index contributed by atoms with van der Waals surface area (Å²) in [5, 5.41) is 2.75. The Morgan fingerprint density at radius 3 is 2.68 bits per heavy atom. The van der Waals surface area contributed by atoms with Gasteiger partial charge >= 0.3 is 5.97 Å². The zero-order chi connectivity index (χ0) is 13.7. The molecule has 4 nitrogen and oxygen atoms in total. The van der Waals surface area contributed by atoms with Crippen molar-refractivity contribution in [3.63, 3.8) is 0 Å². The van der Waals surface area contributed by atoms with Gasteiger partial charge in [-0.15, -0.1) is 0 Å². The Morgan fingerprint density at radius 2 is 2.11 bits per heavy atom. The quantitative estimate of drug-likeness (QED) is 0.823. The Kier molecular flexibility index (Phi) is 4.20. The second-order valence-electron chi connectivity index (χ2n) is 4.93. The van der Waals surface area contributed by atoms with Crippen molar-refractivity contribution in [2.75, 3.05) is 6.54 Å². The van der Waals surface area contributed by atoms with E-state index in [1.807, 2.05) is 18.2 Å². The highest BCUT2D eigenvalue weighted by Crippen LogP contribution is 2.27. The van der Waals surface area contributed by atoms with Crippen LogP contribution in [0.4, 0.5) is 0 Å². The molecule has 1 N–H and O–H groups in total. The van der Waals surface area contributed by atoms with Gasteiger partial charge in [0.2, 0.25) is 0 Å². The van der Waals surface area contributed by atoms with Gasteiger partial charge in [0, 0.05) is 19.9 Å². The Labute approximate surface area is 113 Å². The van der Waals surface area contributed by atoms with E-state index in [4.69, 9.17) is 4.74 Å². The molecule has 102 valence electrons. The summed E-state index contributed by atoms with van der Waals surface area (Å²) < 4.78 is 5.30. The minimum absolute atomic E-state index is 0.157. The SMILES string of the molecule is CC(=O)OC1(CCCc2ccccc2)CCNC1=O. The number of hydrogen-bond acceptors (Lipinski definition) is 3. The average Bonchev–Trinajstić information content (AvgIpc) is 2.71. The fourth-order valence-electron chi connectivity index (χ4n) is 2.54. The summed E-state index contributed by atoms with van der Waals surface area (Å²) >= 11 is 0. The molecule has 2 rings (SSSR count). The number of benzene rings is 1. The molecule has 1 fully saturated rings. The molecule has 1 amide bonds. The molecular formula is C15H19NO3. The number of amides is 1. The average molecular weight is 261 g/mol. The van der Waals surface area contributed by atoms with E-state index in [0.717, 1.165) is 12.8 Å². The molecule has 0 aromatic heterocycles. The maximum atomic E-state index is 11.9. The molecule has 4 heteroatoms. The lowest BCUT2D eigenvalue weighted by molar-refractivity contribution is -0.164. The molecule has 1 aliphatic heterocycles. The van der Waals surface area contributed by atoms with Gasteiger partial charge in [-0.05, 0) is 24.8 Å². The van der Waals surface area contributed by atoms with Gasteiger partial charge in [0.05, 0.1) is 0 Å². The standard InChI is InChI=1S/C15H19NO3/c1-12(17)19-15(10-11-16-14(15)18)9-5-8-13-6-3-2-4-7-13/h2-4,6-7H,5,8-11H2,1H3,(H,16,18). The second-order valence-corrected chi connectivity index (χ2v) is 4.93.